The van der Waals surface area contributed by atoms with E-state index in [-0.39, 0.29) is 16.9 Å². The number of carbonyl (C=O) groups is 1. The van der Waals surface area contributed by atoms with Crippen LogP contribution in [0, 0.1) is 23.2 Å². The molecule has 0 unspecified atom stereocenters. The van der Waals surface area contributed by atoms with E-state index in [0.29, 0.717) is 30.2 Å². The van der Waals surface area contributed by atoms with Gasteiger partial charge in [0, 0.05) is 32.7 Å². The second-order valence-corrected chi connectivity index (χ2v) is 15.5. The van der Waals surface area contributed by atoms with E-state index in [9.17, 15) is 13.2 Å². The first-order chi connectivity index (χ1) is 21.8. The zero-order valence-corrected chi connectivity index (χ0v) is 26.8. The molecular formula is C35H43N5O4S. The van der Waals surface area contributed by atoms with Crippen molar-refractivity contribution in [3.05, 3.63) is 71.9 Å². The van der Waals surface area contributed by atoms with Crippen LogP contribution in [0.5, 0.6) is 5.75 Å². The molecule has 8 rings (SSSR count). The quantitative estimate of drug-likeness (QED) is 0.329. The maximum absolute atomic E-state index is 13.1. The standard InChI is InChI=1S/C35H43N5O4S/c1-2-44-30-8-5-7-28(19-30)31-9-4-3-6-29(31)23-39-12-14-40(15-13-39)33-11-10-32(36-37-33)34(41)38-45(42,43)24-35-20-25-16-26(21-35)18-27(17-25)22-35/h3-11,19,25-27H,2,12-18,20-24H2,1H3,(H,38,41). The summed E-state index contributed by atoms with van der Waals surface area (Å²) < 4.78 is 34.3. The Labute approximate surface area is 266 Å². The molecule has 10 heteroatoms. The number of benzene rings is 2. The Morgan fingerprint density at radius 1 is 0.911 bits per heavy atom. The first-order valence-corrected chi connectivity index (χ1v) is 18.1. The van der Waals surface area contributed by atoms with Gasteiger partial charge in [0.15, 0.2) is 11.5 Å². The molecule has 9 nitrogen and oxygen atoms in total. The number of sulfonamides is 1. The van der Waals surface area contributed by atoms with Gasteiger partial charge in [-0.1, -0.05) is 36.4 Å². The highest BCUT2D eigenvalue weighted by Crippen LogP contribution is 2.60. The predicted molar refractivity (Wildman–Crippen MR) is 174 cm³/mol. The van der Waals surface area contributed by atoms with E-state index in [1.54, 1.807) is 12.1 Å². The van der Waals surface area contributed by atoms with Crippen molar-refractivity contribution in [2.45, 2.75) is 52.0 Å². The Balaban J connectivity index is 0.934. The third-order valence-corrected chi connectivity index (χ3v) is 11.8. The molecule has 5 aliphatic rings. The van der Waals surface area contributed by atoms with Crippen LogP contribution in [-0.4, -0.2) is 68.0 Å². The lowest BCUT2D eigenvalue weighted by Crippen LogP contribution is -2.51. The van der Waals surface area contributed by atoms with Crippen molar-refractivity contribution in [1.29, 1.82) is 0 Å². The molecule has 1 saturated heterocycles. The maximum atomic E-state index is 13.1. The minimum Gasteiger partial charge on any atom is -0.494 e. The van der Waals surface area contributed by atoms with E-state index in [1.807, 2.05) is 19.1 Å². The van der Waals surface area contributed by atoms with Gasteiger partial charge in [0.25, 0.3) is 5.91 Å². The van der Waals surface area contributed by atoms with E-state index in [1.165, 1.54) is 30.4 Å². The van der Waals surface area contributed by atoms with Gasteiger partial charge in [-0.3, -0.25) is 9.69 Å². The number of anilines is 1. The Kier molecular flexibility index (Phi) is 8.29. The fraction of sp³-hybridized carbons (Fsp3) is 0.514. The molecule has 4 saturated carbocycles. The van der Waals surface area contributed by atoms with Gasteiger partial charge in [0.1, 0.15) is 5.75 Å². The van der Waals surface area contributed by atoms with E-state index in [0.717, 1.165) is 63.3 Å². The molecule has 45 heavy (non-hydrogen) atoms. The number of nitrogens with zero attached hydrogens (tertiary/aromatic N) is 4. The van der Waals surface area contributed by atoms with Gasteiger partial charge in [0.05, 0.1) is 12.4 Å². The SMILES string of the molecule is CCOc1cccc(-c2ccccc2CN2CCN(c3ccc(C(=O)NS(=O)(=O)CC45CC6CC(CC(C6)C4)C5)nn3)CC2)c1. The molecule has 0 spiro atoms. The summed E-state index contributed by atoms with van der Waals surface area (Å²) in [6.45, 7) is 6.75. The first kappa shape index (κ1) is 30.2. The van der Waals surface area contributed by atoms with Crippen molar-refractivity contribution in [2.75, 3.05) is 43.4 Å². The molecule has 3 aromatic rings. The maximum Gasteiger partial charge on any atom is 0.285 e. The number of amides is 1. The summed E-state index contributed by atoms with van der Waals surface area (Å²) in [5.41, 5.74) is 3.48. The normalized spacial score (nSPS) is 26.2. The van der Waals surface area contributed by atoms with Gasteiger partial charge in [-0.05, 0) is 110 Å². The summed E-state index contributed by atoms with van der Waals surface area (Å²) in [4.78, 5) is 17.5. The zero-order chi connectivity index (χ0) is 31.0. The lowest BCUT2D eigenvalue weighted by Gasteiger charge is -2.56. The molecule has 2 aromatic carbocycles. The van der Waals surface area contributed by atoms with Gasteiger partial charge in [-0.25, -0.2) is 13.1 Å². The van der Waals surface area contributed by atoms with Gasteiger partial charge in [-0.15, -0.1) is 10.2 Å². The monoisotopic (exact) mass is 629 g/mol. The summed E-state index contributed by atoms with van der Waals surface area (Å²) >= 11 is 0. The molecule has 1 aliphatic heterocycles. The summed E-state index contributed by atoms with van der Waals surface area (Å²) in [7, 11) is -3.77. The zero-order valence-electron chi connectivity index (χ0n) is 26.0. The second kappa shape index (κ2) is 12.4. The second-order valence-electron chi connectivity index (χ2n) is 13.8. The predicted octanol–water partition coefficient (Wildman–Crippen LogP) is 5.14. The van der Waals surface area contributed by atoms with Crippen molar-refractivity contribution < 1.29 is 17.9 Å². The molecule has 4 aliphatic carbocycles. The molecule has 1 amide bonds. The number of aromatic nitrogens is 2. The van der Waals surface area contributed by atoms with Crippen LogP contribution in [0.2, 0.25) is 0 Å². The summed E-state index contributed by atoms with van der Waals surface area (Å²) in [5.74, 6) is 2.87. The Hall–Kier alpha value is -3.50. The van der Waals surface area contributed by atoms with Crippen molar-refractivity contribution in [3.63, 3.8) is 0 Å². The Morgan fingerprint density at radius 3 is 2.29 bits per heavy atom. The molecule has 1 aromatic heterocycles. The smallest absolute Gasteiger partial charge is 0.285 e. The van der Waals surface area contributed by atoms with Crippen molar-refractivity contribution in [2.24, 2.45) is 23.2 Å². The highest BCUT2D eigenvalue weighted by molar-refractivity contribution is 7.90. The van der Waals surface area contributed by atoms with Crippen LogP contribution in [0.15, 0.2) is 60.7 Å². The molecule has 2 heterocycles. The molecule has 0 radical (unpaired) electrons. The Morgan fingerprint density at radius 2 is 1.62 bits per heavy atom. The molecule has 0 atom stereocenters. The van der Waals surface area contributed by atoms with Crippen molar-refractivity contribution in [1.82, 2.24) is 19.8 Å². The first-order valence-electron chi connectivity index (χ1n) is 16.4. The number of carbonyl (C=O) groups excluding carboxylic acids is 1. The molecule has 5 fully saturated rings. The average Bonchev–Trinajstić information content (AvgIpc) is 3.01. The van der Waals surface area contributed by atoms with E-state index < -0.39 is 15.9 Å². The van der Waals surface area contributed by atoms with Gasteiger partial charge in [-0.2, -0.15) is 0 Å². The van der Waals surface area contributed by atoms with Gasteiger partial charge in [0.2, 0.25) is 10.0 Å². The number of ether oxygens (including phenoxy) is 1. The summed E-state index contributed by atoms with van der Waals surface area (Å²) in [6.07, 6.45) is 6.68. The van der Waals surface area contributed by atoms with Crippen LogP contribution in [0.3, 0.4) is 0 Å². The molecule has 4 bridgehead atoms. The molecular weight excluding hydrogens is 586 g/mol. The van der Waals surface area contributed by atoms with E-state index in [2.05, 4.69) is 61.1 Å². The lowest BCUT2D eigenvalue weighted by atomic mass is 9.50. The highest BCUT2D eigenvalue weighted by atomic mass is 32.2. The minimum absolute atomic E-state index is 0.0245. The van der Waals surface area contributed by atoms with E-state index in [4.69, 9.17) is 4.74 Å². The number of hydrogen-bond donors (Lipinski definition) is 1. The van der Waals surface area contributed by atoms with Gasteiger partial charge < -0.3 is 9.64 Å². The Bertz CT molecular complexity index is 1600. The van der Waals surface area contributed by atoms with Crippen LogP contribution in [0.25, 0.3) is 11.1 Å². The van der Waals surface area contributed by atoms with Crippen LogP contribution < -0.4 is 14.4 Å². The van der Waals surface area contributed by atoms with E-state index >= 15 is 0 Å². The number of piperazine rings is 1. The fourth-order valence-electron chi connectivity index (χ4n) is 8.95. The minimum atomic E-state index is -3.77. The van der Waals surface area contributed by atoms with Crippen molar-refractivity contribution in [3.8, 4) is 16.9 Å². The third-order valence-electron chi connectivity index (χ3n) is 10.4. The topological polar surface area (TPSA) is 105 Å². The van der Waals surface area contributed by atoms with Crippen LogP contribution >= 0.6 is 0 Å². The number of rotatable bonds is 10. The third kappa shape index (κ3) is 6.72. The molecule has 238 valence electrons. The summed E-state index contributed by atoms with van der Waals surface area (Å²) in [5, 5.41) is 8.43. The van der Waals surface area contributed by atoms with Crippen LogP contribution in [0.1, 0.15) is 61.5 Å². The number of hydrogen-bond acceptors (Lipinski definition) is 8. The highest BCUT2D eigenvalue weighted by Gasteiger charge is 2.52. The van der Waals surface area contributed by atoms with Crippen LogP contribution in [0.4, 0.5) is 5.82 Å². The molecule has 1 N–H and O–H groups in total. The number of nitrogens with one attached hydrogen (secondary N) is 1. The fourth-order valence-corrected chi connectivity index (χ4v) is 10.6. The lowest BCUT2D eigenvalue weighted by molar-refractivity contribution is -0.0391. The average molecular weight is 630 g/mol. The van der Waals surface area contributed by atoms with Crippen LogP contribution in [-0.2, 0) is 16.6 Å². The van der Waals surface area contributed by atoms with Gasteiger partial charge >= 0.3 is 0 Å². The van der Waals surface area contributed by atoms with Crippen molar-refractivity contribution >= 4 is 21.7 Å². The summed E-state index contributed by atoms with van der Waals surface area (Å²) in [6, 6.07) is 20.1. The largest absolute Gasteiger partial charge is 0.494 e.